The molecule has 1 aliphatic heterocycles. The van der Waals surface area contributed by atoms with Crippen LogP contribution in [0.25, 0.3) is 11.2 Å². The lowest BCUT2D eigenvalue weighted by atomic mass is 9.92. The molecule has 1 saturated heterocycles. The van der Waals surface area contributed by atoms with Crippen molar-refractivity contribution in [1.29, 1.82) is 0 Å². The minimum atomic E-state index is 0.127. The van der Waals surface area contributed by atoms with Gasteiger partial charge in [0.2, 0.25) is 5.91 Å². The van der Waals surface area contributed by atoms with Gasteiger partial charge < -0.3 is 15.2 Å². The van der Waals surface area contributed by atoms with Crippen LogP contribution in [0.15, 0.2) is 12.7 Å². The highest BCUT2D eigenvalue weighted by atomic mass is 16.1. The van der Waals surface area contributed by atoms with Crippen LogP contribution in [-0.4, -0.2) is 45.0 Å². The predicted molar refractivity (Wildman–Crippen MR) is 91.6 cm³/mol. The Kier molecular flexibility index (Phi) is 4.32. The standard InChI is InChI=1S/C17H24N6O/c24-17(22-13-4-2-1-3-5-13)12-6-8-23(9-7-12)16-14-15(19-10-18-14)20-11-21-16/h10-13H,1-9H2,(H,22,24)(H,18,19,20,21). The van der Waals surface area contributed by atoms with Crippen LogP contribution >= 0.6 is 0 Å². The van der Waals surface area contributed by atoms with E-state index in [1.165, 1.54) is 19.3 Å². The van der Waals surface area contributed by atoms with Crippen LogP contribution in [0.5, 0.6) is 0 Å². The number of amides is 1. The van der Waals surface area contributed by atoms with Crippen LogP contribution < -0.4 is 10.2 Å². The number of imidazole rings is 1. The summed E-state index contributed by atoms with van der Waals surface area (Å²) in [4.78, 5) is 30.6. The SMILES string of the molecule is O=C(NC1CCCCC1)C1CCN(c2ncnc3nc[nH]c23)CC1. The quantitative estimate of drug-likeness (QED) is 0.900. The monoisotopic (exact) mass is 328 g/mol. The molecule has 2 aromatic heterocycles. The van der Waals surface area contributed by atoms with Gasteiger partial charge >= 0.3 is 0 Å². The summed E-state index contributed by atoms with van der Waals surface area (Å²) in [6, 6.07) is 0.399. The van der Waals surface area contributed by atoms with E-state index in [1.807, 2.05) is 0 Å². The van der Waals surface area contributed by atoms with Gasteiger partial charge in [-0.25, -0.2) is 15.0 Å². The number of nitrogens with zero attached hydrogens (tertiary/aromatic N) is 4. The smallest absolute Gasteiger partial charge is 0.223 e. The van der Waals surface area contributed by atoms with Crippen molar-refractivity contribution in [2.45, 2.75) is 51.0 Å². The summed E-state index contributed by atoms with van der Waals surface area (Å²) in [6.45, 7) is 1.68. The topological polar surface area (TPSA) is 86.8 Å². The van der Waals surface area contributed by atoms with E-state index in [9.17, 15) is 4.79 Å². The Labute approximate surface area is 141 Å². The summed E-state index contributed by atoms with van der Waals surface area (Å²) >= 11 is 0. The fourth-order valence-electron chi connectivity index (χ4n) is 3.91. The summed E-state index contributed by atoms with van der Waals surface area (Å²) in [5.41, 5.74) is 1.57. The van der Waals surface area contributed by atoms with Crippen LogP contribution in [0, 0.1) is 5.92 Å². The molecular formula is C17H24N6O. The third-order valence-corrected chi connectivity index (χ3v) is 5.32. The van der Waals surface area contributed by atoms with Crippen molar-refractivity contribution in [2.75, 3.05) is 18.0 Å². The van der Waals surface area contributed by atoms with Gasteiger partial charge in [-0.2, -0.15) is 0 Å². The first-order valence-corrected chi connectivity index (χ1v) is 9.00. The van der Waals surface area contributed by atoms with Gasteiger partial charge in [0, 0.05) is 25.0 Å². The Morgan fingerprint density at radius 2 is 1.88 bits per heavy atom. The van der Waals surface area contributed by atoms with Crippen LogP contribution in [0.1, 0.15) is 44.9 Å². The minimum Gasteiger partial charge on any atom is -0.355 e. The van der Waals surface area contributed by atoms with Gasteiger partial charge in [0.05, 0.1) is 6.33 Å². The number of carbonyl (C=O) groups is 1. The van der Waals surface area contributed by atoms with Crippen molar-refractivity contribution >= 4 is 22.9 Å². The zero-order valence-electron chi connectivity index (χ0n) is 13.9. The van der Waals surface area contributed by atoms with E-state index < -0.39 is 0 Å². The van der Waals surface area contributed by atoms with Crippen LogP contribution in [0.4, 0.5) is 5.82 Å². The van der Waals surface area contributed by atoms with Gasteiger partial charge in [0.1, 0.15) is 11.8 Å². The lowest BCUT2D eigenvalue weighted by Gasteiger charge is -2.33. The number of aromatic nitrogens is 4. The maximum absolute atomic E-state index is 12.5. The highest BCUT2D eigenvalue weighted by Crippen LogP contribution is 2.26. The molecule has 7 nitrogen and oxygen atoms in total. The van der Waals surface area contributed by atoms with E-state index in [0.717, 1.165) is 50.1 Å². The van der Waals surface area contributed by atoms with Crippen LogP contribution in [-0.2, 0) is 4.79 Å². The molecule has 2 fully saturated rings. The van der Waals surface area contributed by atoms with Crippen molar-refractivity contribution in [1.82, 2.24) is 25.3 Å². The number of H-pyrrole nitrogens is 1. The Morgan fingerprint density at radius 1 is 1.08 bits per heavy atom. The summed E-state index contributed by atoms with van der Waals surface area (Å²) in [7, 11) is 0. The molecule has 0 spiro atoms. The van der Waals surface area contributed by atoms with E-state index in [1.54, 1.807) is 12.7 Å². The van der Waals surface area contributed by atoms with E-state index in [-0.39, 0.29) is 11.8 Å². The van der Waals surface area contributed by atoms with E-state index in [0.29, 0.717) is 11.7 Å². The maximum Gasteiger partial charge on any atom is 0.223 e. The molecule has 4 rings (SSSR count). The van der Waals surface area contributed by atoms with Gasteiger partial charge in [0.15, 0.2) is 11.5 Å². The Balaban J connectivity index is 1.36. The molecule has 0 radical (unpaired) electrons. The molecule has 24 heavy (non-hydrogen) atoms. The fraction of sp³-hybridized carbons (Fsp3) is 0.647. The molecular weight excluding hydrogens is 304 g/mol. The summed E-state index contributed by atoms with van der Waals surface area (Å²) in [5, 5.41) is 3.27. The largest absolute Gasteiger partial charge is 0.355 e. The minimum absolute atomic E-state index is 0.127. The van der Waals surface area contributed by atoms with Gasteiger partial charge in [-0.15, -0.1) is 0 Å². The first-order valence-electron chi connectivity index (χ1n) is 9.00. The number of nitrogens with one attached hydrogen (secondary N) is 2. The molecule has 0 atom stereocenters. The highest BCUT2D eigenvalue weighted by molar-refractivity contribution is 5.83. The Bertz CT molecular complexity index is 700. The molecule has 7 heteroatoms. The second kappa shape index (κ2) is 6.75. The van der Waals surface area contributed by atoms with Crippen LogP contribution in [0.3, 0.4) is 0 Å². The number of anilines is 1. The second-order valence-corrected chi connectivity index (χ2v) is 6.90. The normalized spacial score (nSPS) is 20.4. The number of carbonyl (C=O) groups excluding carboxylic acids is 1. The molecule has 2 aromatic rings. The van der Waals surface area contributed by atoms with E-state index in [2.05, 4.69) is 30.2 Å². The third kappa shape index (κ3) is 3.07. The van der Waals surface area contributed by atoms with Gasteiger partial charge in [-0.3, -0.25) is 4.79 Å². The van der Waals surface area contributed by atoms with Gasteiger partial charge in [-0.05, 0) is 25.7 Å². The average molecular weight is 328 g/mol. The Morgan fingerprint density at radius 3 is 2.67 bits per heavy atom. The predicted octanol–water partition coefficient (Wildman–Crippen LogP) is 2.02. The van der Waals surface area contributed by atoms with Crippen LogP contribution in [0.2, 0.25) is 0 Å². The molecule has 2 aliphatic rings. The lowest BCUT2D eigenvalue weighted by Crippen LogP contribution is -2.44. The molecule has 1 amide bonds. The van der Waals surface area contributed by atoms with Crippen molar-refractivity contribution < 1.29 is 4.79 Å². The molecule has 128 valence electrons. The highest BCUT2D eigenvalue weighted by Gasteiger charge is 2.28. The number of rotatable bonds is 3. The summed E-state index contributed by atoms with van der Waals surface area (Å²) < 4.78 is 0. The van der Waals surface area contributed by atoms with Crippen molar-refractivity contribution in [3.05, 3.63) is 12.7 Å². The molecule has 0 aromatic carbocycles. The third-order valence-electron chi connectivity index (χ3n) is 5.32. The zero-order valence-corrected chi connectivity index (χ0v) is 13.9. The molecule has 0 unspecified atom stereocenters. The van der Waals surface area contributed by atoms with Crippen molar-refractivity contribution in [3.63, 3.8) is 0 Å². The number of aromatic amines is 1. The zero-order chi connectivity index (χ0) is 16.4. The van der Waals surface area contributed by atoms with Crippen molar-refractivity contribution in [2.24, 2.45) is 5.92 Å². The van der Waals surface area contributed by atoms with E-state index in [4.69, 9.17) is 0 Å². The fourth-order valence-corrected chi connectivity index (χ4v) is 3.91. The first-order chi connectivity index (χ1) is 11.8. The molecule has 3 heterocycles. The number of fused-ring (bicyclic) bond motifs is 1. The molecule has 0 bridgehead atoms. The van der Waals surface area contributed by atoms with Crippen molar-refractivity contribution in [3.8, 4) is 0 Å². The summed E-state index contributed by atoms with van der Waals surface area (Å²) in [6.07, 6.45) is 11.0. The second-order valence-electron chi connectivity index (χ2n) is 6.90. The van der Waals surface area contributed by atoms with Gasteiger partial charge in [-0.1, -0.05) is 19.3 Å². The molecule has 2 N–H and O–H groups in total. The first kappa shape index (κ1) is 15.4. The molecule has 1 aliphatic carbocycles. The van der Waals surface area contributed by atoms with E-state index >= 15 is 0 Å². The Hall–Kier alpha value is -2.18. The van der Waals surface area contributed by atoms with Gasteiger partial charge in [0.25, 0.3) is 0 Å². The maximum atomic E-state index is 12.5. The molecule has 1 saturated carbocycles. The summed E-state index contributed by atoms with van der Waals surface area (Å²) in [5.74, 6) is 1.27. The number of piperidine rings is 1. The lowest BCUT2D eigenvalue weighted by molar-refractivity contribution is -0.126. The average Bonchev–Trinajstić information content (AvgIpc) is 3.11. The number of hydrogen-bond donors (Lipinski definition) is 2. The number of hydrogen-bond acceptors (Lipinski definition) is 5.